The van der Waals surface area contributed by atoms with Crippen molar-refractivity contribution in [2.75, 3.05) is 20.3 Å². The molecule has 0 aliphatic carbocycles. The second-order valence-corrected chi connectivity index (χ2v) is 6.52. The Kier molecular flexibility index (Phi) is 5.08. The summed E-state index contributed by atoms with van der Waals surface area (Å²) < 4.78 is 12.7. The summed E-state index contributed by atoms with van der Waals surface area (Å²) in [5, 5.41) is 3.02. The number of hydrogen-bond acceptors (Lipinski definition) is 6. The van der Waals surface area contributed by atoms with Crippen LogP contribution in [0.3, 0.4) is 0 Å². The minimum Gasteiger partial charge on any atom is -0.379 e. The maximum Gasteiger partial charge on any atom is 0.253 e. The van der Waals surface area contributed by atoms with Crippen molar-refractivity contribution in [2.45, 2.75) is 25.1 Å². The molecule has 0 spiro atoms. The minimum atomic E-state index is -0.180. The van der Waals surface area contributed by atoms with Crippen LogP contribution in [0.5, 0.6) is 0 Å². The predicted octanol–water partition coefficient (Wildman–Crippen LogP) is 1.41. The van der Waals surface area contributed by atoms with Crippen LogP contribution in [0.15, 0.2) is 43.1 Å². The largest absolute Gasteiger partial charge is 0.379 e. The van der Waals surface area contributed by atoms with Crippen molar-refractivity contribution in [3.05, 3.63) is 54.2 Å². The van der Waals surface area contributed by atoms with Crippen LogP contribution in [0.4, 0.5) is 0 Å². The first-order chi connectivity index (χ1) is 13.2. The lowest BCUT2D eigenvalue weighted by Crippen LogP contribution is -2.49. The second kappa shape index (κ2) is 7.81. The van der Waals surface area contributed by atoms with Gasteiger partial charge >= 0.3 is 0 Å². The molecule has 1 amide bonds. The number of hydrogen-bond donors (Lipinski definition) is 1. The second-order valence-electron chi connectivity index (χ2n) is 6.52. The number of pyridine rings is 2. The molecular weight excluding hydrogens is 346 g/mol. The number of carbonyl (C=O) groups excluding carboxylic acids is 1. The van der Waals surface area contributed by atoms with Gasteiger partial charge in [-0.2, -0.15) is 0 Å². The summed E-state index contributed by atoms with van der Waals surface area (Å²) in [6.07, 6.45) is 7.45. The highest BCUT2D eigenvalue weighted by Gasteiger charge is 2.27. The zero-order valence-electron chi connectivity index (χ0n) is 15.0. The van der Waals surface area contributed by atoms with E-state index in [2.05, 4.69) is 20.3 Å². The van der Waals surface area contributed by atoms with Crippen molar-refractivity contribution < 1.29 is 14.3 Å². The van der Waals surface area contributed by atoms with Gasteiger partial charge in [-0.05, 0) is 24.1 Å². The summed E-state index contributed by atoms with van der Waals surface area (Å²) in [7, 11) is 1.63. The number of amides is 1. The molecule has 1 fully saturated rings. The van der Waals surface area contributed by atoms with Gasteiger partial charge in [0.05, 0.1) is 31.1 Å². The Hall–Kier alpha value is -2.84. The molecule has 4 rings (SSSR count). The normalized spacial score (nSPS) is 19.9. The maximum absolute atomic E-state index is 12.6. The van der Waals surface area contributed by atoms with E-state index in [1.165, 1.54) is 0 Å². The first-order valence-corrected chi connectivity index (χ1v) is 8.86. The van der Waals surface area contributed by atoms with E-state index in [0.29, 0.717) is 30.8 Å². The fourth-order valence-corrected chi connectivity index (χ4v) is 3.24. The van der Waals surface area contributed by atoms with Crippen molar-refractivity contribution in [1.82, 2.24) is 24.8 Å². The van der Waals surface area contributed by atoms with Crippen LogP contribution < -0.4 is 5.32 Å². The third-order valence-electron chi connectivity index (χ3n) is 4.72. The zero-order chi connectivity index (χ0) is 18.6. The van der Waals surface area contributed by atoms with E-state index in [1.54, 1.807) is 31.9 Å². The molecule has 8 heteroatoms. The molecule has 0 unspecified atom stereocenters. The van der Waals surface area contributed by atoms with Crippen LogP contribution in [-0.4, -0.2) is 57.9 Å². The number of nitrogens with zero attached hydrogens (tertiary/aromatic N) is 4. The summed E-state index contributed by atoms with van der Waals surface area (Å²) in [5.74, 6) is -0.180. The van der Waals surface area contributed by atoms with Gasteiger partial charge in [0, 0.05) is 32.3 Å². The SMILES string of the molecule is CO[C@H]1COCC[C@@H]1NC(=O)c1cnc2c(c1)ncn2Cc1cccnc1. The number of fused-ring (bicyclic) bond motifs is 1. The number of imidazole rings is 1. The Morgan fingerprint density at radius 3 is 3.15 bits per heavy atom. The van der Waals surface area contributed by atoms with Crippen LogP contribution in [0.2, 0.25) is 0 Å². The predicted molar refractivity (Wildman–Crippen MR) is 98.4 cm³/mol. The van der Waals surface area contributed by atoms with E-state index in [9.17, 15) is 4.79 Å². The molecule has 1 aliphatic heterocycles. The van der Waals surface area contributed by atoms with Crippen LogP contribution in [-0.2, 0) is 16.0 Å². The summed E-state index contributed by atoms with van der Waals surface area (Å²) in [6.45, 7) is 1.72. The molecule has 8 nitrogen and oxygen atoms in total. The molecule has 0 saturated carbocycles. The number of aromatic nitrogens is 4. The highest BCUT2D eigenvalue weighted by Crippen LogP contribution is 2.15. The Morgan fingerprint density at radius 2 is 2.33 bits per heavy atom. The van der Waals surface area contributed by atoms with Crippen molar-refractivity contribution >= 4 is 17.1 Å². The molecule has 1 saturated heterocycles. The first-order valence-electron chi connectivity index (χ1n) is 8.86. The fraction of sp³-hybridized carbons (Fsp3) is 0.368. The smallest absolute Gasteiger partial charge is 0.253 e. The highest BCUT2D eigenvalue weighted by atomic mass is 16.5. The Labute approximate surface area is 156 Å². The minimum absolute atomic E-state index is 0.0740. The summed E-state index contributed by atoms with van der Waals surface area (Å²) >= 11 is 0. The van der Waals surface area contributed by atoms with E-state index in [1.807, 2.05) is 22.9 Å². The molecule has 4 heterocycles. The molecule has 2 atom stereocenters. The molecule has 3 aromatic heterocycles. The van der Waals surface area contributed by atoms with Crippen LogP contribution >= 0.6 is 0 Å². The first kappa shape index (κ1) is 17.6. The van der Waals surface area contributed by atoms with Gasteiger partial charge < -0.3 is 19.4 Å². The van der Waals surface area contributed by atoms with Gasteiger partial charge in [-0.25, -0.2) is 9.97 Å². The Bertz CT molecular complexity index is 927. The number of ether oxygens (including phenoxy) is 2. The molecule has 27 heavy (non-hydrogen) atoms. The van der Waals surface area contributed by atoms with Gasteiger partial charge in [0.15, 0.2) is 5.65 Å². The summed E-state index contributed by atoms with van der Waals surface area (Å²) in [5.41, 5.74) is 2.96. The number of rotatable bonds is 5. The van der Waals surface area contributed by atoms with Gasteiger partial charge in [-0.3, -0.25) is 9.78 Å². The van der Waals surface area contributed by atoms with Crippen LogP contribution in [0.25, 0.3) is 11.2 Å². The topological polar surface area (TPSA) is 91.2 Å². The molecule has 1 N–H and O–H groups in total. The van der Waals surface area contributed by atoms with Gasteiger partial charge in [-0.1, -0.05) is 6.07 Å². The van der Waals surface area contributed by atoms with Crippen molar-refractivity contribution in [3.8, 4) is 0 Å². The zero-order valence-corrected chi connectivity index (χ0v) is 15.0. The van der Waals surface area contributed by atoms with E-state index in [4.69, 9.17) is 9.47 Å². The molecule has 140 valence electrons. The van der Waals surface area contributed by atoms with E-state index >= 15 is 0 Å². The molecule has 3 aromatic rings. The average molecular weight is 367 g/mol. The van der Waals surface area contributed by atoms with Gasteiger partial charge in [0.2, 0.25) is 0 Å². The number of nitrogens with one attached hydrogen (secondary N) is 1. The molecule has 0 bridgehead atoms. The monoisotopic (exact) mass is 367 g/mol. The summed E-state index contributed by atoms with van der Waals surface area (Å²) in [4.78, 5) is 25.6. The lowest BCUT2D eigenvalue weighted by Gasteiger charge is -2.30. The quantitative estimate of drug-likeness (QED) is 0.733. The van der Waals surface area contributed by atoms with Gasteiger partial charge in [0.25, 0.3) is 5.91 Å². The Morgan fingerprint density at radius 1 is 1.41 bits per heavy atom. The van der Waals surface area contributed by atoms with Crippen molar-refractivity contribution in [3.63, 3.8) is 0 Å². The molecule has 1 aliphatic rings. The molecule has 0 radical (unpaired) electrons. The standard InChI is InChI=1S/C19H21N5O3/c1-26-17-11-27-6-4-15(17)23-19(25)14-7-16-18(21-9-14)24(12-22-16)10-13-3-2-5-20-8-13/h2-3,5,7-9,12,15,17H,4,6,10-11H2,1H3,(H,23,25)/t15-,17-/m0/s1. The van der Waals surface area contributed by atoms with E-state index < -0.39 is 0 Å². The van der Waals surface area contributed by atoms with Crippen molar-refractivity contribution in [1.29, 1.82) is 0 Å². The fourth-order valence-electron chi connectivity index (χ4n) is 3.24. The summed E-state index contributed by atoms with van der Waals surface area (Å²) in [6, 6.07) is 5.59. The lowest BCUT2D eigenvalue weighted by molar-refractivity contribution is -0.0479. The van der Waals surface area contributed by atoms with Crippen LogP contribution in [0.1, 0.15) is 22.3 Å². The van der Waals surface area contributed by atoms with Gasteiger partial charge in [0.1, 0.15) is 11.6 Å². The Balaban J connectivity index is 1.51. The third kappa shape index (κ3) is 3.81. The van der Waals surface area contributed by atoms with Crippen LogP contribution in [0, 0.1) is 0 Å². The number of carbonyl (C=O) groups is 1. The molecular formula is C19H21N5O3. The third-order valence-corrected chi connectivity index (χ3v) is 4.72. The number of methoxy groups -OCH3 is 1. The van der Waals surface area contributed by atoms with Gasteiger partial charge in [-0.15, -0.1) is 0 Å². The molecule has 0 aromatic carbocycles. The van der Waals surface area contributed by atoms with E-state index in [-0.39, 0.29) is 18.1 Å². The maximum atomic E-state index is 12.6. The van der Waals surface area contributed by atoms with E-state index in [0.717, 1.165) is 17.6 Å². The van der Waals surface area contributed by atoms with Crippen molar-refractivity contribution in [2.24, 2.45) is 0 Å². The highest BCUT2D eigenvalue weighted by molar-refractivity contribution is 5.96. The lowest BCUT2D eigenvalue weighted by atomic mass is 10.1. The average Bonchev–Trinajstić information content (AvgIpc) is 3.11.